The van der Waals surface area contributed by atoms with E-state index in [1.165, 1.54) is 12.1 Å². The number of hydrogen-bond donors (Lipinski definition) is 1. The van der Waals surface area contributed by atoms with Crippen molar-refractivity contribution in [3.63, 3.8) is 0 Å². The summed E-state index contributed by atoms with van der Waals surface area (Å²) in [4.78, 5) is 0. The maximum absolute atomic E-state index is 12.9. The number of phenolic OH excluding ortho intramolecular Hbond substituents is 1. The maximum Gasteiger partial charge on any atom is 0.126 e. The standard InChI is InChI=1S/C14H13FO2/c1-10-5-6-11(7-14(10)16)9-17-13-4-2-3-12(15)8-13/h2-8,16H,9H2,1H3. The van der Waals surface area contributed by atoms with E-state index >= 15 is 0 Å². The normalized spacial score (nSPS) is 10.2. The highest BCUT2D eigenvalue weighted by Gasteiger charge is 2.00. The lowest BCUT2D eigenvalue weighted by atomic mass is 10.1. The highest BCUT2D eigenvalue weighted by atomic mass is 19.1. The molecule has 2 nitrogen and oxygen atoms in total. The SMILES string of the molecule is Cc1ccc(COc2cccc(F)c2)cc1O. The molecule has 0 radical (unpaired) electrons. The van der Waals surface area contributed by atoms with Gasteiger partial charge in [0.1, 0.15) is 23.9 Å². The molecule has 0 saturated heterocycles. The first-order chi connectivity index (χ1) is 8.15. The Kier molecular flexibility index (Phi) is 3.28. The van der Waals surface area contributed by atoms with E-state index in [2.05, 4.69) is 0 Å². The fourth-order valence-corrected chi connectivity index (χ4v) is 1.47. The van der Waals surface area contributed by atoms with Gasteiger partial charge in [0.2, 0.25) is 0 Å². The molecule has 1 N–H and O–H groups in total. The van der Waals surface area contributed by atoms with E-state index < -0.39 is 0 Å². The largest absolute Gasteiger partial charge is 0.508 e. The lowest BCUT2D eigenvalue weighted by molar-refractivity contribution is 0.304. The van der Waals surface area contributed by atoms with Crippen LogP contribution in [0.2, 0.25) is 0 Å². The molecule has 17 heavy (non-hydrogen) atoms. The van der Waals surface area contributed by atoms with Crippen LogP contribution in [-0.2, 0) is 6.61 Å². The lowest BCUT2D eigenvalue weighted by Gasteiger charge is -2.07. The van der Waals surface area contributed by atoms with Crippen LogP contribution in [0.25, 0.3) is 0 Å². The Bertz CT molecular complexity index is 523. The molecule has 0 aliphatic rings. The summed E-state index contributed by atoms with van der Waals surface area (Å²) in [5.74, 6) is 0.393. The zero-order valence-corrected chi connectivity index (χ0v) is 9.48. The molecule has 0 bridgehead atoms. The van der Waals surface area contributed by atoms with Gasteiger partial charge >= 0.3 is 0 Å². The van der Waals surface area contributed by atoms with Gasteiger partial charge in [0.05, 0.1) is 0 Å². The minimum Gasteiger partial charge on any atom is -0.508 e. The quantitative estimate of drug-likeness (QED) is 0.878. The summed E-state index contributed by atoms with van der Waals surface area (Å²) in [6.07, 6.45) is 0. The summed E-state index contributed by atoms with van der Waals surface area (Å²) in [5.41, 5.74) is 1.66. The van der Waals surface area contributed by atoms with Crippen LogP contribution in [-0.4, -0.2) is 5.11 Å². The van der Waals surface area contributed by atoms with Crippen LogP contribution in [0.1, 0.15) is 11.1 Å². The van der Waals surface area contributed by atoms with Gasteiger partial charge in [-0.1, -0.05) is 18.2 Å². The van der Waals surface area contributed by atoms with Crippen LogP contribution in [0.5, 0.6) is 11.5 Å². The number of aryl methyl sites for hydroxylation is 1. The molecule has 88 valence electrons. The molecule has 0 amide bonds. The van der Waals surface area contributed by atoms with Gasteiger partial charge < -0.3 is 9.84 Å². The smallest absolute Gasteiger partial charge is 0.126 e. The van der Waals surface area contributed by atoms with Crippen molar-refractivity contribution in [1.29, 1.82) is 0 Å². The van der Waals surface area contributed by atoms with E-state index in [1.807, 2.05) is 19.1 Å². The Labute approximate surface area is 99.3 Å². The molecule has 2 aromatic rings. The first kappa shape index (κ1) is 11.5. The highest BCUT2D eigenvalue weighted by molar-refractivity contribution is 5.35. The molecule has 0 aromatic heterocycles. The Morgan fingerprint density at radius 3 is 2.71 bits per heavy atom. The van der Waals surface area contributed by atoms with Crippen LogP contribution in [0.3, 0.4) is 0 Å². The van der Waals surface area contributed by atoms with Gasteiger partial charge in [-0.3, -0.25) is 0 Å². The zero-order chi connectivity index (χ0) is 12.3. The highest BCUT2D eigenvalue weighted by Crippen LogP contribution is 2.19. The zero-order valence-electron chi connectivity index (χ0n) is 9.48. The Hall–Kier alpha value is -2.03. The molecule has 0 spiro atoms. The average Bonchev–Trinajstić information content (AvgIpc) is 2.31. The summed E-state index contributed by atoms with van der Waals surface area (Å²) in [5, 5.41) is 9.53. The number of ether oxygens (including phenoxy) is 1. The first-order valence-electron chi connectivity index (χ1n) is 5.32. The molecule has 0 aliphatic carbocycles. The van der Waals surface area contributed by atoms with Gasteiger partial charge in [-0.25, -0.2) is 4.39 Å². The van der Waals surface area contributed by atoms with Crippen molar-refractivity contribution >= 4 is 0 Å². The molecule has 0 fully saturated rings. The molecule has 3 heteroatoms. The summed E-state index contributed by atoms with van der Waals surface area (Å²) in [6.45, 7) is 2.13. The molecule has 2 rings (SSSR count). The number of hydrogen-bond acceptors (Lipinski definition) is 2. The predicted octanol–water partition coefficient (Wildman–Crippen LogP) is 3.42. The molecule has 0 atom stereocenters. The second-order valence-electron chi connectivity index (χ2n) is 3.87. The summed E-state index contributed by atoms with van der Waals surface area (Å²) < 4.78 is 18.3. The average molecular weight is 232 g/mol. The number of benzene rings is 2. The molecule has 2 aromatic carbocycles. The van der Waals surface area contributed by atoms with Crippen molar-refractivity contribution in [3.8, 4) is 11.5 Å². The van der Waals surface area contributed by atoms with Gasteiger partial charge in [0.25, 0.3) is 0 Å². The van der Waals surface area contributed by atoms with Crippen molar-refractivity contribution < 1.29 is 14.2 Å². The summed E-state index contributed by atoms with van der Waals surface area (Å²) in [6, 6.07) is 11.3. The first-order valence-corrected chi connectivity index (χ1v) is 5.32. The summed E-state index contributed by atoms with van der Waals surface area (Å²) >= 11 is 0. The molecular weight excluding hydrogens is 219 g/mol. The van der Waals surface area contributed by atoms with Crippen LogP contribution < -0.4 is 4.74 Å². The fraction of sp³-hybridized carbons (Fsp3) is 0.143. The van der Waals surface area contributed by atoms with Crippen LogP contribution in [0.15, 0.2) is 42.5 Å². The predicted molar refractivity (Wildman–Crippen MR) is 63.6 cm³/mol. The van der Waals surface area contributed by atoms with E-state index in [0.717, 1.165) is 11.1 Å². The Morgan fingerprint density at radius 2 is 2.00 bits per heavy atom. The van der Waals surface area contributed by atoms with Gasteiger partial charge in [-0.05, 0) is 36.2 Å². The maximum atomic E-state index is 12.9. The van der Waals surface area contributed by atoms with Crippen molar-refractivity contribution in [2.45, 2.75) is 13.5 Å². The third kappa shape index (κ3) is 2.97. The minimum atomic E-state index is -0.325. The second-order valence-corrected chi connectivity index (χ2v) is 3.87. The minimum absolute atomic E-state index is 0.241. The van der Waals surface area contributed by atoms with E-state index in [4.69, 9.17) is 4.74 Å². The number of rotatable bonds is 3. The Balaban J connectivity index is 2.05. The third-order valence-corrected chi connectivity index (χ3v) is 2.48. The van der Waals surface area contributed by atoms with E-state index in [0.29, 0.717) is 12.4 Å². The molecule has 0 aliphatic heterocycles. The second kappa shape index (κ2) is 4.87. The van der Waals surface area contributed by atoms with Gasteiger partial charge in [0.15, 0.2) is 0 Å². The Morgan fingerprint density at radius 1 is 1.18 bits per heavy atom. The van der Waals surface area contributed by atoms with Crippen LogP contribution in [0.4, 0.5) is 4.39 Å². The topological polar surface area (TPSA) is 29.5 Å². The van der Waals surface area contributed by atoms with E-state index in [-0.39, 0.29) is 11.6 Å². The van der Waals surface area contributed by atoms with Gasteiger partial charge in [-0.15, -0.1) is 0 Å². The number of aromatic hydroxyl groups is 1. The van der Waals surface area contributed by atoms with Gasteiger partial charge in [0, 0.05) is 6.07 Å². The summed E-state index contributed by atoms with van der Waals surface area (Å²) in [7, 11) is 0. The van der Waals surface area contributed by atoms with Crippen LogP contribution >= 0.6 is 0 Å². The van der Waals surface area contributed by atoms with Crippen LogP contribution in [0, 0.1) is 12.7 Å². The lowest BCUT2D eigenvalue weighted by Crippen LogP contribution is -1.95. The van der Waals surface area contributed by atoms with E-state index in [1.54, 1.807) is 18.2 Å². The molecule has 0 saturated carbocycles. The number of halogens is 1. The van der Waals surface area contributed by atoms with Crippen molar-refractivity contribution in [2.24, 2.45) is 0 Å². The van der Waals surface area contributed by atoms with E-state index in [9.17, 15) is 9.50 Å². The van der Waals surface area contributed by atoms with Crippen molar-refractivity contribution in [2.75, 3.05) is 0 Å². The van der Waals surface area contributed by atoms with Crippen molar-refractivity contribution in [1.82, 2.24) is 0 Å². The van der Waals surface area contributed by atoms with Gasteiger partial charge in [-0.2, -0.15) is 0 Å². The third-order valence-electron chi connectivity index (χ3n) is 2.48. The number of phenols is 1. The fourth-order valence-electron chi connectivity index (χ4n) is 1.47. The van der Waals surface area contributed by atoms with Crippen molar-refractivity contribution in [3.05, 3.63) is 59.4 Å². The molecule has 0 unspecified atom stereocenters. The molecular formula is C14H13FO2. The monoisotopic (exact) mass is 232 g/mol. The molecule has 0 heterocycles.